The van der Waals surface area contributed by atoms with E-state index in [0.717, 1.165) is 58.2 Å². The third kappa shape index (κ3) is 6.60. The highest BCUT2D eigenvalue weighted by atomic mass is 16.3. The van der Waals surface area contributed by atoms with E-state index >= 15 is 0 Å². The Balaban J connectivity index is 0.846. The van der Waals surface area contributed by atoms with Crippen LogP contribution in [-0.4, -0.2) is 9.13 Å². The van der Waals surface area contributed by atoms with Gasteiger partial charge in [-0.25, -0.2) is 0 Å². The maximum Gasteiger partial charge on any atom is 0.135 e. The number of anilines is 3. The Kier molecular flexibility index (Phi) is 9.31. The van der Waals surface area contributed by atoms with Crippen molar-refractivity contribution in [1.29, 1.82) is 0 Å². The Morgan fingerprint density at radius 2 is 0.786 bits per heavy atom. The minimum Gasteiger partial charge on any atom is -0.456 e. The number of benzene rings is 10. The highest BCUT2D eigenvalue weighted by molar-refractivity contribution is 6.11. The van der Waals surface area contributed by atoms with Gasteiger partial charge in [0.2, 0.25) is 0 Å². The van der Waals surface area contributed by atoms with E-state index in [0.29, 0.717) is 0 Å². The molecule has 0 saturated heterocycles. The van der Waals surface area contributed by atoms with Crippen LogP contribution in [0.2, 0.25) is 0 Å². The van der Waals surface area contributed by atoms with Gasteiger partial charge in [0.1, 0.15) is 11.3 Å². The fourth-order valence-corrected chi connectivity index (χ4v) is 11.0. The monoisotopic (exact) mass is 895 g/mol. The topological polar surface area (TPSA) is 26.2 Å². The van der Waals surface area contributed by atoms with Crippen LogP contribution in [0, 0.1) is 0 Å². The van der Waals surface area contributed by atoms with E-state index < -0.39 is 0 Å². The fraction of sp³-hybridized carbons (Fsp3) is 0.0303. The van der Waals surface area contributed by atoms with E-state index in [1.807, 2.05) is 0 Å². The molecule has 0 amide bonds. The fourth-order valence-electron chi connectivity index (χ4n) is 11.0. The third-order valence-corrected chi connectivity index (χ3v) is 14.4. The van der Waals surface area contributed by atoms with Gasteiger partial charge in [0.25, 0.3) is 0 Å². The van der Waals surface area contributed by atoms with E-state index in [1.54, 1.807) is 0 Å². The van der Waals surface area contributed by atoms with Gasteiger partial charge in [0.05, 0.1) is 22.1 Å². The molecule has 0 atom stereocenters. The van der Waals surface area contributed by atoms with Crippen molar-refractivity contribution in [3.63, 3.8) is 0 Å². The molecule has 3 aromatic heterocycles. The van der Waals surface area contributed by atoms with Gasteiger partial charge in [-0.05, 0) is 155 Å². The lowest BCUT2D eigenvalue weighted by molar-refractivity contribution is 0.595. The highest BCUT2D eigenvalue weighted by Gasteiger charge is 2.19. The summed E-state index contributed by atoms with van der Waals surface area (Å²) in [5.74, 6) is 0.994. The smallest absolute Gasteiger partial charge is 0.135 e. The molecular formula is C66H45N3O. The lowest BCUT2D eigenvalue weighted by atomic mass is 9.97. The van der Waals surface area contributed by atoms with E-state index in [2.05, 4.69) is 263 Å². The first-order valence-electron chi connectivity index (χ1n) is 24.2. The lowest BCUT2D eigenvalue weighted by Crippen LogP contribution is -2.09. The first kappa shape index (κ1) is 40.0. The molecule has 0 unspecified atom stereocenters. The molecule has 0 saturated carbocycles. The number of furan rings is 1. The van der Waals surface area contributed by atoms with Crippen molar-refractivity contribution in [2.45, 2.75) is 12.8 Å². The second-order valence-corrected chi connectivity index (χ2v) is 18.4. The van der Waals surface area contributed by atoms with E-state index in [4.69, 9.17) is 4.42 Å². The van der Waals surface area contributed by atoms with Crippen molar-refractivity contribution >= 4 is 77.7 Å². The number of fused-ring (bicyclic) bond motifs is 9. The standard InChI is InChI=1S/C66H45N3O/c1-3-13-50(14-4-1)68-62-21-11-8-18-56(62)59-41-47(30-39-63(59)68)44-23-32-52(33-24-44)67(53-34-25-45(26-35-53)48-31-40-66-60(42-48)58-19-9-12-22-65(58)70-66)54-36-27-46(28-37-54)49-29-38-57-55-17-7-10-20-61(55)69(64(57)43-49)51-15-5-2-6-16-51/h1-8,10-18,20-43H,9,19H2. The summed E-state index contributed by atoms with van der Waals surface area (Å²) < 4.78 is 11.0. The Labute approximate surface area is 405 Å². The first-order chi connectivity index (χ1) is 34.7. The van der Waals surface area contributed by atoms with Gasteiger partial charge in [-0.1, -0.05) is 140 Å². The summed E-state index contributed by atoms with van der Waals surface area (Å²) in [5.41, 5.74) is 19.7. The molecule has 1 aliphatic carbocycles. The zero-order chi connectivity index (χ0) is 46.1. The number of aryl methyl sites for hydroxylation is 1. The summed E-state index contributed by atoms with van der Waals surface area (Å²) >= 11 is 0. The largest absolute Gasteiger partial charge is 0.456 e. The van der Waals surface area contributed by atoms with Crippen molar-refractivity contribution in [2.75, 3.05) is 4.90 Å². The third-order valence-electron chi connectivity index (χ3n) is 14.4. The van der Waals surface area contributed by atoms with Gasteiger partial charge in [-0.2, -0.15) is 0 Å². The van der Waals surface area contributed by atoms with Crippen LogP contribution >= 0.6 is 0 Å². The Morgan fingerprint density at radius 3 is 1.39 bits per heavy atom. The first-order valence-corrected chi connectivity index (χ1v) is 24.2. The van der Waals surface area contributed by atoms with Gasteiger partial charge in [0.15, 0.2) is 0 Å². The van der Waals surface area contributed by atoms with Crippen LogP contribution in [0.15, 0.2) is 247 Å². The number of rotatable bonds is 8. The molecule has 10 aromatic carbocycles. The van der Waals surface area contributed by atoms with Crippen molar-refractivity contribution < 1.29 is 4.42 Å². The summed E-state index contributed by atoms with van der Waals surface area (Å²) in [4.78, 5) is 2.37. The zero-order valence-corrected chi connectivity index (χ0v) is 38.3. The number of hydrogen-bond acceptors (Lipinski definition) is 2. The zero-order valence-electron chi connectivity index (χ0n) is 38.3. The molecule has 0 aliphatic heterocycles. The van der Waals surface area contributed by atoms with Gasteiger partial charge >= 0.3 is 0 Å². The maximum atomic E-state index is 6.22. The molecule has 0 bridgehead atoms. The summed E-state index contributed by atoms with van der Waals surface area (Å²) in [7, 11) is 0. The van der Waals surface area contributed by atoms with Crippen LogP contribution < -0.4 is 4.90 Å². The quantitative estimate of drug-likeness (QED) is 0.152. The maximum absolute atomic E-state index is 6.22. The summed E-state index contributed by atoms with van der Waals surface area (Å²) in [6, 6.07) is 86.2. The van der Waals surface area contributed by atoms with E-state index in [9.17, 15) is 0 Å². The number of para-hydroxylation sites is 4. The Hall–Kier alpha value is -9.12. The summed E-state index contributed by atoms with van der Waals surface area (Å²) in [5, 5.41) is 6.21. The lowest BCUT2D eigenvalue weighted by Gasteiger charge is -2.26. The molecule has 0 fully saturated rings. The van der Waals surface area contributed by atoms with Crippen LogP contribution in [0.5, 0.6) is 0 Å². The molecule has 4 heteroatoms. The molecule has 4 nitrogen and oxygen atoms in total. The number of nitrogens with zero attached hydrogens (tertiary/aromatic N) is 3. The van der Waals surface area contributed by atoms with Crippen molar-refractivity contribution in [1.82, 2.24) is 9.13 Å². The average Bonchev–Trinajstić information content (AvgIpc) is 4.09. The van der Waals surface area contributed by atoms with Gasteiger partial charge in [-0.3, -0.25) is 0 Å². The molecule has 0 spiro atoms. The second kappa shape index (κ2) is 16.3. The molecule has 3 heterocycles. The number of allylic oxidation sites excluding steroid dienone is 1. The van der Waals surface area contributed by atoms with Crippen LogP contribution in [0.25, 0.3) is 105 Å². The van der Waals surface area contributed by atoms with Crippen molar-refractivity contribution in [3.05, 3.63) is 254 Å². The van der Waals surface area contributed by atoms with Crippen LogP contribution in [0.1, 0.15) is 17.7 Å². The molecule has 13 aromatic rings. The summed E-state index contributed by atoms with van der Waals surface area (Å²) in [6.45, 7) is 0. The normalized spacial score (nSPS) is 12.4. The average molecular weight is 896 g/mol. The van der Waals surface area contributed by atoms with Gasteiger partial charge in [-0.15, -0.1) is 0 Å². The Bertz CT molecular complexity index is 4140. The van der Waals surface area contributed by atoms with Crippen molar-refractivity contribution in [2.24, 2.45) is 0 Å². The molecule has 70 heavy (non-hydrogen) atoms. The van der Waals surface area contributed by atoms with E-state index in [-0.39, 0.29) is 0 Å². The van der Waals surface area contributed by atoms with Gasteiger partial charge < -0.3 is 18.5 Å². The number of aromatic nitrogens is 2. The minimum atomic E-state index is 0.951. The molecule has 330 valence electrons. The SMILES string of the molecule is C1=Cc2oc3ccc(-c4ccc(N(c5ccc(-c6ccc7c(c6)c6ccccc6n7-c6ccccc6)cc5)c5ccc(-c6ccc7c8ccccc8n(-c8ccccc8)c7c6)cc5)cc4)cc3c2CC1. The van der Waals surface area contributed by atoms with Crippen LogP contribution in [0.4, 0.5) is 17.1 Å². The molecule has 1 aliphatic rings. The second-order valence-electron chi connectivity index (χ2n) is 18.4. The van der Waals surface area contributed by atoms with E-state index in [1.165, 1.54) is 82.4 Å². The predicted molar refractivity (Wildman–Crippen MR) is 293 cm³/mol. The minimum absolute atomic E-state index is 0.951. The molecule has 0 N–H and O–H groups in total. The summed E-state index contributed by atoms with van der Waals surface area (Å²) in [6.07, 6.45) is 6.38. The Morgan fingerprint density at radius 1 is 0.343 bits per heavy atom. The molecule has 14 rings (SSSR count). The highest BCUT2D eigenvalue weighted by Crippen LogP contribution is 2.41. The molecular weight excluding hydrogens is 851 g/mol. The number of hydrogen-bond donors (Lipinski definition) is 0. The van der Waals surface area contributed by atoms with Crippen LogP contribution in [0.3, 0.4) is 0 Å². The molecule has 0 radical (unpaired) electrons. The van der Waals surface area contributed by atoms with Gasteiger partial charge in [0, 0.05) is 60.9 Å². The van der Waals surface area contributed by atoms with Crippen LogP contribution in [-0.2, 0) is 6.42 Å². The van der Waals surface area contributed by atoms with Crippen molar-refractivity contribution in [3.8, 4) is 44.8 Å². The predicted octanol–water partition coefficient (Wildman–Crippen LogP) is 18.1.